The van der Waals surface area contributed by atoms with Gasteiger partial charge in [-0.25, -0.2) is 4.79 Å². The van der Waals surface area contributed by atoms with E-state index in [9.17, 15) is 19.7 Å². The monoisotopic (exact) mass is 404 g/mol. The Morgan fingerprint density at radius 3 is 2.61 bits per heavy atom. The molecule has 9 heteroatoms. The zero-order valence-electron chi connectivity index (χ0n) is 15.6. The summed E-state index contributed by atoms with van der Waals surface area (Å²) in [5.74, 6) is -0.249. The lowest BCUT2D eigenvalue weighted by molar-refractivity contribution is -0.384. The summed E-state index contributed by atoms with van der Waals surface area (Å²) < 4.78 is 10.2. The molecular formula is C19H20N2O6S. The van der Waals surface area contributed by atoms with E-state index >= 15 is 0 Å². The summed E-state index contributed by atoms with van der Waals surface area (Å²) in [7, 11) is 1.38. The molecule has 0 radical (unpaired) electrons. The number of esters is 1. The fourth-order valence-electron chi connectivity index (χ4n) is 2.32. The van der Waals surface area contributed by atoms with Gasteiger partial charge in [0.2, 0.25) is 0 Å². The second kappa shape index (κ2) is 9.75. The van der Waals surface area contributed by atoms with Crippen molar-refractivity contribution >= 4 is 35.0 Å². The van der Waals surface area contributed by atoms with Crippen LogP contribution >= 0.6 is 11.8 Å². The number of nitro groups is 1. The van der Waals surface area contributed by atoms with Gasteiger partial charge in [0.25, 0.3) is 11.6 Å². The van der Waals surface area contributed by atoms with Crippen molar-refractivity contribution in [2.24, 2.45) is 0 Å². The Bertz CT molecular complexity index is 886. The Labute approximate surface area is 166 Å². The van der Waals surface area contributed by atoms with Gasteiger partial charge in [-0.2, -0.15) is 0 Å². The van der Waals surface area contributed by atoms with Gasteiger partial charge in [-0.3, -0.25) is 14.9 Å². The molecule has 2 rings (SSSR count). The molecule has 0 bridgehead atoms. The molecule has 0 fully saturated rings. The first-order valence-corrected chi connectivity index (χ1v) is 9.42. The maximum Gasteiger partial charge on any atom is 0.340 e. The second-order valence-corrected chi connectivity index (χ2v) is 6.91. The van der Waals surface area contributed by atoms with Crippen molar-refractivity contribution in [3.63, 3.8) is 0 Å². The number of hydrogen-bond donors (Lipinski definition) is 1. The predicted octanol–water partition coefficient (Wildman–Crippen LogP) is 3.90. The van der Waals surface area contributed by atoms with Crippen molar-refractivity contribution in [1.82, 2.24) is 0 Å². The molecule has 2 aromatic carbocycles. The molecule has 0 spiro atoms. The fraction of sp³-hybridized carbons (Fsp3) is 0.263. The minimum atomic E-state index is -1.14. The van der Waals surface area contributed by atoms with Crippen LogP contribution in [0.1, 0.15) is 24.2 Å². The third kappa shape index (κ3) is 5.23. The number of methoxy groups -OCH3 is 1. The molecule has 8 nitrogen and oxygen atoms in total. The van der Waals surface area contributed by atoms with Gasteiger partial charge in [0, 0.05) is 4.90 Å². The number of benzene rings is 2. The number of thioether (sulfide) groups is 1. The standard InChI is InChI=1S/C19H20N2O6S/c1-4-28-17-8-6-5-7-14(17)19(23)27-12(2)18(22)20-15-10-9-13(26-3)11-16(15)21(24)25/h5-12H,4H2,1-3H3,(H,20,22)/t12-/m0/s1. The molecule has 0 saturated carbocycles. The van der Waals surface area contributed by atoms with E-state index in [1.165, 1.54) is 44.0 Å². The number of hydrogen-bond acceptors (Lipinski definition) is 7. The number of amides is 1. The highest BCUT2D eigenvalue weighted by Crippen LogP contribution is 2.29. The molecule has 1 atom stereocenters. The van der Waals surface area contributed by atoms with Crippen LogP contribution in [0.4, 0.5) is 11.4 Å². The Morgan fingerprint density at radius 1 is 1.25 bits per heavy atom. The Kier molecular flexibility index (Phi) is 7.39. The van der Waals surface area contributed by atoms with Crippen LogP contribution in [0.3, 0.4) is 0 Å². The van der Waals surface area contributed by atoms with Crippen LogP contribution in [0.25, 0.3) is 0 Å². The first kappa shape index (κ1) is 21.2. The summed E-state index contributed by atoms with van der Waals surface area (Å²) in [6.45, 7) is 3.36. The van der Waals surface area contributed by atoms with Gasteiger partial charge in [-0.1, -0.05) is 19.1 Å². The number of carbonyl (C=O) groups is 2. The molecule has 1 N–H and O–H groups in total. The van der Waals surface area contributed by atoms with Crippen LogP contribution in [0.5, 0.6) is 5.75 Å². The van der Waals surface area contributed by atoms with Crippen LogP contribution < -0.4 is 10.1 Å². The third-order valence-corrected chi connectivity index (χ3v) is 4.67. The highest BCUT2D eigenvalue weighted by Gasteiger charge is 2.24. The number of rotatable bonds is 8. The number of nitrogens with zero attached hydrogens (tertiary/aromatic N) is 1. The number of nitro benzene ring substituents is 1. The molecule has 1 amide bonds. The normalized spacial score (nSPS) is 11.4. The molecule has 28 heavy (non-hydrogen) atoms. The van der Waals surface area contributed by atoms with E-state index in [4.69, 9.17) is 9.47 Å². The lowest BCUT2D eigenvalue weighted by atomic mass is 10.2. The van der Waals surface area contributed by atoms with Gasteiger partial charge in [0.05, 0.1) is 23.7 Å². The molecule has 0 aromatic heterocycles. The van der Waals surface area contributed by atoms with Crippen molar-refractivity contribution in [2.75, 3.05) is 18.2 Å². The SMILES string of the molecule is CCSc1ccccc1C(=O)O[C@@H](C)C(=O)Nc1ccc(OC)cc1[N+](=O)[O-]. The molecule has 0 saturated heterocycles. The van der Waals surface area contributed by atoms with Crippen molar-refractivity contribution in [3.05, 3.63) is 58.1 Å². The molecule has 148 valence electrons. The highest BCUT2D eigenvalue weighted by molar-refractivity contribution is 7.99. The molecule has 0 aliphatic rings. The zero-order chi connectivity index (χ0) is 20.7. The molecule has 0 aliphatic carbocycles. The largest absolute Gasteiger partial charge is 0.496 e. The van der Waals surface area contributed by atoms with E-state index in [2.05, 4.69) is 5.32 Å². The van der Waals surface area contributed by atoms with Gasteiger partial charge in [-0.05, 0) is 36.9 Å². The molecular weight excluding hydrogens is 384 g/mol. The lowest BCUT2D eigenvalue weighted by Gasteiger charge is -2.15. The molecule has 0 aliphatic heterocycles. The van der Waals surface area contributed by atoms with Crippen molar-refractivity contribution in [3.8, 4) is 5.75 Å². The molecule has 0 unspecified atom stereocenters. The van der Waals surface area contributed by atoms with Gasteiger partial charge in [-0.15, -0.1) is 11.8 Å². The number of carbonyl (C=O) groups excluding carboxylic acids is 2. The average Bonchev–Trinajstić information content (AvgIpc) is 2.68. The summed E-state index contributed by atoms with van der Waals surface area (Å²) in [6.07, 6.45) is -1.14. The minimum Gasteiger partial charge on any atom is -0.496 e. The van der Waals surface area contributed by atoms with Crippen molar-refractivity contribution < 1.29 is 24.0 Å². The van der Waals surface area contributed by atoms with E-state index in [-0.39, 0.29) is 17.1 Å². The van der Waals surface area contributed by atoms with E-state index in [1.54, 1.807) is 18.2 Å². The van der Waals surface area contributed by atoms with Crippen LogP contribution in [-0.4, -0.2) is 35.8 Å². The van der Waals surface area contributed by atoms with Crippen LogP contribution in [0, 0.1) is 10.1 Å². The summed E-state index contributed by atoms with van der Waals surface area (Å²) in [5.41, 5.74) is 0.0287. The van der Waals surface area contributed by atoms with Crippen LogP contribution in [-0.2, 0) is 9.53 Å². The number of nitrogens with one attached hydrogen (secondary N) is 1. The fourth-order valence-corrected chi connectivity index (χ4v) is 3.12. The topological polar surface area (TPSA) is 108 Å². The third-order valence-electron chi connectivity index (χ3n) is 3.72. The van der Waals surface area contributed by atoms with Gasteiger partial charge >= 0.3 is 5.97 Å². The molecule has 2 aromatic rings. The average molecular weight is 404 g/mol. The van der Waals surface area contributed by atoms with E-state index in [1.807, 2.05) is 13.0 Å². The van der Waals surface area contributed by atoms with E-state index < -0.39 is 22.9 Å². The quantitative estimate of drug-likeness (QED) is 0.308. The summed E-state index contributed by atoms with van der Waals surface area (Å²) in [4.78, 5) is 36.1. The maximum absolute atomic E-state index is 12.4. The van der Waals surface area contributed by atoms with Gasteiger partial charge in [0.15, 0.2) is 6.10 Å². The van der Waals surface area contributed by atoms with Crippen molar-refractivity contribution in [2.45, 2.75) is 24.8 Å². The summed E-state index contributed by atoms with van der Waals surface area (Å²) in [5, 5.41) is 13.6. The second-order valence-electron chi connectivity index (χ2n) is 5.61. The Hall–Kier alpha value is -3.07. The number of ether oxygens (including phenoxy) is 2. The first-order valence-electron chi connectivity index (χ1n) is 8.43. The maximum atomic E-state index is 12.4. The zero-order valence-corrected chi connectivity index (χ0v) is 16.4. The smallest absolute Gasteiger partial charge is 0.340 e. The van der Waals surface area contributed by atoms with Crippen LogP contribution in [0.2, 0.25) is 0 Å². The predicted molar refractivity (Wildman–Crippen MR) is 106 cm³/mol. The van der Waals surface area contributed by atoms with Gasteiger partial charge < -0.3 is 14.8 Å². The van der Waals surface area contributed by atoms with Crippen LogP contribution in [0.15, 0.2) is 47.4 Å². The van der Waals surface area contributed by atoms with E-state index in [0.29, 0.717) is 5.56 Å². The number of anilines is 1. The highest BCUT2D eigenvalue weighted by atomic mass is 32.2. The van der Waals surface area contributed by atoms with Crippen molar-refractivity contribution in [1.29, 1.82) is 0 Å². The Morgan fingerprint density at radius 2 is 1.96 bits per heavy atom. The minimum absolute atomic E-state index is 0.0133. The summed E-state index contributed by atoms with van der Waals surface area (Å²) in [6, 6.07) is 11.0. The van der Waals surface area contributed by atoms with E-state index in [0.717, 1.165) is 10.6 Å². The lowest BCUT2D eigenvalue weighted by Crippen LogP contribution is -2.30. The summed E-state index contributed by atoms with van der Waals surface area (Å²) >= 11 is 1.49. The molecule has 0 heterocycles. The first-order chi connectivity index (χ1) is 13.4. The van der Waals surface area contributed by atoms with Gasteiger partial charge in [0.1, 0.15) is 11.4 Å². The Balaban J connectivity index is 2.12.